The average Bonchev–Trinajstić information content (AvgIpc) is 2.74. The first-order chi connectivity index (χ1) is 7.31. The number of rotatable bonds is 4. The van der Waals surface area contributed by atoms with E-state index in [0.29, 0.717) is 6.54 Å². The Morgan fingerprint density at radius 1 is 1.53 bits per heavy atom. The predicted molar refractivity (Wildman–Crippen MR) is 62.2 cm³/mol. The Morgan fingerprint density at radius 3 is 3.20 bits per heavy atom. The van der Waals surface area contributed by atoms with Crippen LogP contribution in [0.15, 0.2) is 17.8 Å². The van der Waals surface area contributed by atoms with Gasteiger partial charge in [0.05, 0.1) is 16.3 Å². The van der Waals surface area contributed by atoms with Gasteiger partial charge in [0.1, 0.15) is 12.1 Å². The molecule has 0 aliphatic carbocycles. The number of hydrogen-bond donors (Lipinski definition) is 2. The largest absolute Gasteiger partial charge is 0.391 e. The Labute approximate surface area is 92.0 Å². The van der Waals surface area contributed by atoms with Crippen molar-refractivity contribution in [1.82, 2.24) is 9.97 Å². The lowest BCUT2D eigenvalue weighted by molar-refractivity contribution is 0.183. The lowest BCUT2D eigenvalue weighted by atomic mass is 10.3. The van der Waals surface area contributed by atoms with Gasteiger partial charge in [-0.05, 0) is 17.9 Å². The van der Waals surface area contributed by atoms with E-state index in [2.05, 4.69) is 15.3 Å². The number of nitrogens with zero attached hydrogens (tertiary/aromatic N) is 2. The van der Waals surface area contributed by atoms with Crippen LogP contribution >= 0.6 is 11.3 Å². The molecule has 0 saturated carbocycles. The number of nitrogens with one attached hydrogen (secondary N) is 1. The third kappa shape index (κ3) is 2.24. The highest BCUT2D eigenvalue weighted by atomic mass is 32.1. The van der Waals surface area contributed by atoms with Crippen molar-refractivity contribution in [1.29, 1.82) is 0 Å². The molecule has 2 N–H and O–H groups in total. The molecule has 0 spiro atoms. The summed E-state index contributed by atoms with van der Waals surface area (Å²) in [5, 5.41) is 14.6. The highest BCUT2D eigenvalue weighted by Gasteiger charge is 2.06. The third-order valence-corrected chi connectivity index (χ3v) is 3.13. The summed E-state index contributed by atoms with van der Waals surface area (Å²) >= 11 is 1.60. The molecule has 0 amide bonds. The number of thiophene rings is 1. The number of aliphatic hydroxyl groups is 1. The van der Waals surface area contributed by atoms with Crippen molar-refractivity contribution >= 4 is 27.4 Å². The molecule has 2 rings (SSSR count). The van der Waals surface area contributed by atoms with E-state index in [0.717, 1.165) is 22.5 Å². The summed E-state index contributed by atoms with van der Waals surface area (Å²) in [6, 6.07) is 1.96. The molecule has 2 aromatic heterocycles. The van der Waals surface area contributed by atoms with Crippen LogP contribution in [0, 0.1) is 0 Å². The van der Waals surface area contributed by atoms with Gasteiger partial charge in [-0.3, -0.25) is 0 Å². The first-order valence-corrected chi connectivity index (χ1v) is 5.79. The second kappa shape index (κ2) is 4.55. The van der Waals surface area contributed by atoms with E-state index in [9.17, 15) is 5.11 Å². The van der Waals surface area contributed by atoms with Crippen molar-refractivity contribution in [3.8, 4) is 0 Å². The van der Waals surface area contributed by atoms with Crippen LogP contribution < -0.4 is 5.32 Å². The van der Waals surface area contributed by atoms with E-state index in [4.69, 9.17) is 0 Å². The minimum atomic E-state index is -0.324. The first kappa shape index (κ1) is 10.3. The Morgan fingerprint density at radius 2 is 2.40 bits per heavy atom. The number of aromatic nitrogens is 2. The van der Waals surface area contributed by atoms with Gasteiger partial charge in [0.15, 0.2) is 0 Å². The molecule has 0 aromatic carbocycles. The van der Waals surface area contributed by atoms with Crippen LogP contribution in [0.4, 0.5) is 5.82 Å². The fourth-order valence-corrected chi connectivity index (χ4v) is 2.08. The smallest absolute Gasteiger partial charge is 0.147 e. The van der Waals surface area contributed by atoms with Crippen molar-refractivity contribution in [3.63, 3.8) is 0 Å². The van der Waals surface area contributed by atoms with Crippen molar-refractivity contribution in [2.75, 3.05) is 11.9 Å². The zero-order valence-electron chi connectivity index (χ0n) is 8.47. The normalized spacial score (nSPS) is 12.9. The van der Waals surface area contributed by atoms with Crippen LogP contribution in [-0.2, 0) is 0 Å². The van der Waals surface area contributed by atoms with Gasteiger partial charge >= 0.3 is 0 Å². The second-order valence-electron chi connectivity index (χ2n) is 3.30. The molecule has 0 aliphatic rings. The summed E-state index contributed by atoms with van der Waals surface area (Å²) in [6.45, 7) is 2.48. The van der Waals surface area contributed by atoms with Crippen LogP contribution in [-0.4, -0.2) is 27.7 Å². The molecule has 0 aliphatic heterocycles. The molecule has 1 unspecified atom stereocenters. The van der Waals surface area contributed by atoms with Gasteiger partial charge in [-0.15, -0.1) is 11.3 Å². The van der Waals surface area contributed by atoms with Gasteiger partial charge in [-0.1, -0.05) is 6.92 Å². The monoisotopic (exact) mass is 223 g/mol. The van der Waals surface area contributed by atoms with Crippen LogP contribution in [0.3, 0.4) is 0 Å². The van der Waals surface area contributed by atoms with E-state index < -0.39 is 0 Å². The summed E-state index contributed by atoms with van der Waals surface area (Å²) in [5.74, 6) is 0.808. The average molecular weight is 223 g/mol. The molecule has 0 radical (unpaired) electrons. The molecule has 2 aromatic rings. The van der Waals surface area contributed by atoms with Crippen LogP contribution in [0.25, 0.3) is 10.2 Å². The number of fused-ring (bicyclic) bond motifs is 1. The maximum absolute atomic E-state index is 9.44. The number of hydrogen-bond acceptors (Lipinski definition) is 5. The Balaban J connectivity index is 2.17. The summed E-state index contributed by atoms with van der Waals surface area (Å²) in [4.78, 5) is 8.31. The van der Waals surface area contributed by atoms with Crippen LogP contribution in [0.5, 0.6) is 0 Å². The van der Waals surface area contributed by atoms with Gasteiger partial charge < -0.3 is 10.4 Å². The zero-order valence-corrected chi connectivity index (χ0v) is 9.29. The van der Waals surface area contributed by atoms with Crippen molar-refractivity contribution in [2.45, 2.75) is 19.4 Å². The fraction of sp³-hybridized carbons (Fsp3) is 0.400. The first-order valence-electron chi connectivity index (χ1n) is 4.91. The van der Waals surface area contributed by atoms with Gasteiger partial charge in [-0.25, -0.2) is 9.97 Å². The van der Waals surface area contributed by atoms with Gasteiger partial charge in [-0.2, -0.15) is 0 Å². The minimum absolute atomic E-state index is 0.324. The van der Waals surface area contributed by atoms with Crippen molar-refractivity contribution in [3.05, 3.63) is 17.8 Å². The van der Waals surface area contributed by atoms with Crippen LogP contribution in [0.1, 0.15) is 13.3 Å². The lowest BCUT2D eigenvalue weighted by Gasteiger charge is -2.09. The molecule has 4 nitrogen and oxygen atoms in total. The molecular weight excluding hydrogens is 210 g/mol. The highest BCUT2D eigenvalue weighted by molar-refractivity contribution is 7.17. The molecule has 0 fully saturated rings. The summed E-state index contributed by atoms with van der Waals surface area (Å²) < 4.78 is 1.04. The molecule has 2 heterocycles. The van der Waals surface area contributed by atoms with E-state index in [1.165, 1.54) is 6.33 Å². The van der Waals surface area contributed by atoms with Gasteiger partial charge in [0.2, 0.25) is 0 Å². The maximum Gasteiger partial charge on any atom is 0.147 e. The quantitative estimate of drug-likeness (QED) is 0.830. The van der Waals surface area contributed by atoms with Crippen molar-refractivity contribution in [2.24, 2.45) is 0 Å². The summed E-state index contributed by atoms with van der Waals surface area (Å²) in [7, 11) is 0. The fourth-order valence-electron chi connectivity index (χ4n) is 1.27. The predicted octanol–water partition coefficient (Wildman–Crippen LogP) is 1.87. The minimum Gasteiger partial charge on any atom is -0.391 e. The molecular formula is C10H13N3OS. The molecule has 15 heavy (non-hydrogen) atoms. The zero-order chi connectivity index (χ0) is 10.7. The second-order valence-corrected chi connectivity index (χ2v) is 4.22. The Kier molecular flexibility index (Phi) is 3.13. The Hall–Kier alpha value is -1.20. The molecule has 1 atom stereocenters. The summed E-state index contributed by atoms with van der Waals surface area (Å²) in [6.07, 6.45) is 1.96. The van der Waals surface area contributed by atoms with E-state index in [1.807, 2.05) is 18.4 Å². The molecule has 0 saturated heterocycles. The van der Waals surface area contributed by atoms with E-state index >= 15 is 0 Å². The van der Waals surface area contributed by atoms with Crippen LogP contribution in [0.2, 0.25) is 0 Å². The molecule has 5 heteroatoms. The van der Waals surface area contributed by atoms with Crippen molar-refractivity contribution < 1.29 is 5.11 Å². The van der Waals surface area contributed by atoms with Gasteiger partial charge in [0.25, 0.3) is 0 Å². The standard InChI is InChI=1S/C10H13N3OS/c1-2-7(14)5-11-10-9-8(3-4-15-9)12-6-13-10/h3-4,6-7,14H,2,5H2,1H3,(H,11,12,13). The number of anilines is 1. The van der Waals surface area contributed by atoms with Gasteiger partial charge in [0, 0.05) is 6.54 Å². The Bertz CT molecular complexity index is 443. The van der Waals surface area contributed by atoms with E-state index in [-0.39, 0.29) is 6.10 Å². The SMILES string of the molecule is CCC(O)CNc1ncnc2ccsc12. The third-order valence-electron chi connectivity index (χ3n) is 2.22. The highest BCUT2D eigenvalue weighted by Crippen LogP contribution is 2.24. The topological polar surface area (TPSA) is 58.0 Å². The lowest BCUT2D eigenvalue weighted by Crippen LogP contribution is -2.18. The summed E-state index contributed by atoms with van der Waals surface area (Å²) in [5.41, 5.74) is 0.948. The number of aliphatic hydroxyl groups excluding tert-OH is 1. The maximum atomic E-state index is 9.44. The van der Waals surface area contributed by atoms with E-state index in [1.54, 1.807) is 11.3 Å². The molecule has 0 bridgehead atoms. The molecule has 80 valence electrons.